The summed E-state index contributed by atoms with van der Waals surface area (Å²) in [5.74, 6) is 1.03. The molecule has 1 aliphatic heterocycles. The van der Waals surface area contributed by atoms with Gasteiger partial charge in [-0.15, -0.1) is 0 Å². The zero-order valence-electron chi connectivity index (χ0n) is 11.1. The summed E-state index contributed by atoms with van der Waals surface area (Å²) in [6.07, 6.45) is 5.57. The van der Waals surface area contributed by atoms with Gasteiger partial charge in [-0.3, -0.25) is 0 Å². The quantitative estimate of drug-likeness (QED) is 0.866. The Morgan fingerprint density at radius 3 is 3.22 bits per heavy atom. The summed E-state index contributed by atoms with van der Waals surface area (Å²) in [4.78, 5) is 6.79. The minimum atomic E-state index is 0.339. The molecule has 0 aromatic carbocycles. The number of piperidine rings is 1. The average molecular weight is 249 g/mol. The Labute approximate surface area is 109 Å². The topological polar surface area (TPSA) is 51.4 Å². The van der Waals surface area contributed by atoms with E-state index in [1.807, 2.05) is 12.3 Å². The fourth-order valence-electron chi connectivity index (χ4n) is 2.43. The monoisotopic (exact) mass is 249 g/mol. The fourth-order valence-corrected chi connectivity index (χ4v) is 2.43. The van der Waals surface area contributed by atoms with Crippen molar-refractivity contribution >= 4 is 5.82 Å². The summed E-state index contributed by atoms with van der Waals surface area (Å²) in [7, 11) is 0. The van der Waals surface area contributed by atoms with E-state index in [1.165, 1.54) is 0 Å². The van der Waals surface area contributed by atoms with Gasteiger partial charge in [0.25, 0.3) is 0 Å². The first-order valence-electron chi connectivity index (χ1n) is 6.85. The SMILES string of the molecule is CCCOC1CCCN(c2ncccc2CN)C1. The molecule has 0 saturated carbocycles. The predicted molar refractivity (Wildman–Crippen MR) is 73.6 cm³/mol. The summed E-state index contributed by atoms with van der Waals surface area (Å²) in [5, 5.41) is 0. The Kier molecular flexibility index (Phi) is 4.96. The van der Waals surface area contributed by atoms with Crippen molar-refractivity contribution in [3.63, 3.8) is 0 Å². The Hall–Kier alpha value is -1.13. The van der Waals surface area contributed by atoms with E-state index in [2.05, 4.69) is 22.9 Å². The van der Waals surface area contributed by atoms with Crippen molar-refractivity contribution in [2.24, 2.45) is 5.73 Å². The van der Waals surface area contributed by atoms with Crippen LogP contribution in [0.3, 0.4) is 0 Å². The van der Waals surface area contributed by atoms with Crippen LogP contribution in [0.4, 0.5) is 5.82 Å². The van der Waals surface area contributed by atoms with E-state index in [1.54, 1.807) is 0 Å². The van der Waals surface area contributed by atoms with Crippen LogP contribution in [0.25, 0.3) is 0 Å². The van der Waals surface area contributed by atoms with Gasteiger partial charge in [0.1, 0.15) is 5.82 Å². The molecule has 1 aromatic rings. The van der Waals surface area contributed by atoms with E-state index in [4.69, 9.17) is 10.5 Å². The van der Waals surface area contributed by atoms with Gasteiger partial charge in [0.15, 0.2) is 0 Å². The maximum absolute atomic E-state index is 5.86. The van der Waals surface area contributed by atoms with Crippen LogP contribution in [-0.4, -0.2) is 30.8 Å². The number of ether oxygens (including phenoxy) is 1. The van der Waals surface area contributed by atoms with Crippen molar-refractivity contribution in [1.82, 2.24) is 4.98 Å². The minimum Gasteiger partial charge on any atom is -0.376 e. The van der Waals surface area contributed by atoms with Crippen molar-refractivity contribution in [1.29, 1.82) is 0 Å². The number of nitrogens with zero attached hydrogens (tertiary/aromatic N) is 2. The number of hydrogen-bond acceptors (Lipinski definition) is 4. The first-order chi connectivity index (χ1) is 8.85. The lowest BCUT2D eigenvalue weighted by Gasteiger charge is -2.34. The van der Waals surface area contributed by atoms with Crippen molar-refractivity contribution in [2.75, 3.05) is 24.6 Å². The molecule has 1 fully saturated rings. The van der Waals surface area contributed by atoms with Gasteiger partial charge in [-0.2, -0.15) is 0 Å². The van der Waals surface area contributed by atoms with Crippen molar-refractivity contribution in [3.8, 4) is 0 Å². The van der Waals surface area contributed by atoms with Crippen LogP contribution in [0.1, 0.15) is 31.7 Å². The molecule has 100 valence electrons. The summed E-state index contributed by atoms with van der Waals surface area (Å²) >= 11 is 0. The number of pyridine rings is 1. The van der Waals surface area contributed by atoms with Gasteiger partial charge in [-0.05, 0) is 25.3 Å². The summed E-state index contributed by atoms with van der Waals surface area (Å²) in [5.41, 5.74) is 6.89. The maximum Gasteiger partial charge on any atom is 0.133 e. The van der Waals surface area contributed by atoms with E-state index in [0.29, 0.717) is 12.6 Å². The molecule has 0 radical (unpaired) electrons. The lowest BCUT2D eigenvalue weighted by atomic mass is 10.1. The van der Waals surface area contributed by atoms with Crippen LogP contribution in [0.5, 0.6) is 0 Å². The van der Waals surface area contributed by atoms with Gasteiger partial charge >= 0.3 is 0 Å². The van der Waals surface area contributed by atoms with Crippen LogP contribution in [-0.2, 0) is 11.3 Å². The molecular weight excluding hydrogens is 226 g/mol. The van der Waals surface area contributed by atoms with E-state index in [0.717, 1.165) is 50.3 Å². The second-order valence-corrected chi connectivity index (χ2v) is 4.77. The third kappa shape index (κ3) is 3.21. The molecule has 4 nitrogen and oxygen atoms in total. The second kappa shape index (κ2) is 6.71. The highest BCUT2D eigenvalue weighted by atomic mass is 16.5. The molecule has 18 heavy (non-hydrogen) atoms. The number of aromatic nitrogens is 1. The van der Waals surface area contributed by atoms with Crippen LogP contribution < -0.4 is 10.6 Å². The number of rotatable bonds is 5. The van der Waals surface area contributed by atoms with Gasteiger partial charge < -0.3 is 15.4 Å². The minimum absolute atomic E-state index is 0.339. The highest BCUT2D eigenvalue weighted by Gasteiger charge is 2.22. The molecule has 1 atom stereocenters. The summed E-state index contributed by atoms with van der Waals surface area (Å²) in [6.45, 7) is 5.52. The fraction of sp³-hybridized carbons (Fsp3) is 0.643. The van der Waals surface area contributed by atoms with Gasteiger partial charge in [0.2, 0.25) is 0 Å². The summed E-state index contributed by atoms with van der Waals surface area (Å²) < 4.78 is 5.86. The molecule has 1 aliphatic rings. The molecule has 0 bridgehead atoms. The first-order valence-corrected chi connectivity index (χ1v) is 6.85. The zero-order chi connectivity index (χ0) is 12.8. The normalized spacial score (nSPS) is 20.1. The zero-order valence-corrected chi connectivity index (χ0v) is 11.1. The van der Waals surface area contributed by atoms with E-state index in [-0.39, 0.29) is 0 Å². The van der Waals surface area contributed by atoms with Crippen molar-refractivity contribution in [3.05, 3.63) is 23.9 Å². The molecule has 4 heteroatoms. The third-order valence-corrected chi connectivity index (χ3v) is 3.32. The number of nitrogens with two attached hydrogens (primary N) is 1. The molecule has 1 unspecified atom stereocenters. The second-order valence-electron chi connectivity index (χ2n) is 4.77. The highest BCUT2D eigenvalue weighted by molar-refractivity contribution is 5.47. The van der Waals surface area contributed by atoms with Crippen LogP contribution in [0.2, 0.25) is 0 Å². The molecule has 0 aliphatic carbocycles. The molecule has 2 N–H and O–H groups in total. The Morgan fingerprint density at radius 2 is 2.44 bits per heavy atom. The molecular formula is C14H23N3O. The van der Waals surface area contributed by atoms with Crippen LogP contribution in [0, 0.1) is 0 Å². The number of anilines is 1. The number of hydrogen-bond donors (Lipinski definition) is 1. The van der Waals surface area contributed by atoms with E-state index in [9.17, 15) is 0 Å². The lowest BCUT2D eigenvalue weighted by molar-refractivity contribution is 0.0439. The Bertz CT molecular complexity index is 370. The lowest BCUT2D eigenvalue weighted by Crippen LogP contribution is -2.40. The Morgan fingerprint density at radius 1 is 1.56 bits per heavy atom. The van der Waals surface area contributed by atoms with E-state index < -0.39 is 0 Å². The molecule has 2 heterocycles. The maximum atomic E-state index is 5.86. The Balaban J connectivity index is 2.03. The van der Waals surface area contributed by atoms with Crippen LogP contribution >= 0.6 is 0 Å². The largest absolute Gasteiger partial charge is 0.376 e. The molecule has 2 rings (SSSR count). The van der Waals surface area contributed by atoms with Crippen molar-refractivity contribution < 1.29 is 4.74 Å². The van der Waals surface area contributed by atoms with E-state index >= 15 is 0 Å². The first kappa shape index (κ1) is 13.3. The van der Waals surface area contributed by atoms with Gasteiger partial charge in [-0.1, -0.05) is 13.0 Å². The predicted octanol–water partition coefficient (Wildman–Crippen LogP) is 1.94. The highest BCUT2D eigenvalue weighted by Crippen LogP contribution is 2.22. The molecule has 1 aromatic heterocycles. The standard InChI is InChI=1S/C14H23N3O/c1-2-9-18-13-6-4-8-17(11-13)14-12(10-15)5-3-7-16-14/h3,5,7,13H,2,4,6,8-11,15H2,1H3. The molecule has 0 spiro atoms. The molecule has 0 amide bonds. The van der Waals surface area contributed by atoms with Gasteiger partial charge in [-0.25, -0.2) is 4.98 Å². The third-order valence-electron chi connectivity index (χ3n) is 3.32. The van der Waals surface area contributed by atoms with Gasteiger partial charge in [0.05, 0.1) is 6.10 Å². The average Bonchev–Trinajstić information content (AvgIpc) is 2.45. The smallest absolute Gasteiger partial charge is 0.133 e. The summed E-state index contributed by atoms with van der Waals surface area (Å²) in [6, 6.07) is 4.00. The van der Waals surface area contributed by atoms with Gasteiger partial charge in [0, 0.05) is 38.0 Å². The van der Waals surface area contributed by atoms with Crippen molar-refractivity contribution in [2.45, 2.75) is 38.8 Å². The van der Waals surface area contributed by atoms with Crippen LogP contribution in [0.15, 0.2) is 18.3 Å². The molecule has 1 saturated heterocycles.